The molecule has 1 aromatic heterocycles. The fourth-order valence-electron chi connectivity index (χ4n) is 2.11. The highest BCUT2D eigenvalue weighted by molar-refractivity contribution is 6.18. The van der Waals surface area contributed by atoms with Gasteiger partial charge in [-0.05, 0) is 26.7 Å². The monoisotopic (exact) mass is 255 g/mol. The van der Waals surface area contributed by atoms with Crippen LogP contribution < -0.4 is 5.32 Å². The van der Waals surface area contributed by atoms with Gasteiger partial charge in [0.15, 0.2) is 0 Å². The SMILES string of the molecule is Cc1cc(NC2(CCl)CCOCC2)nc(C)n1. The van der Waals surface area contributed by atoms with Crippen LogP contribution in [0.3, 0.4) is 0 Å². The minimum absolute atomic E-state index is 0.0902. The third-order valence-corrected chi connectivity index (χ3v) is 3.58. The summed E-state index contributed by atoms with van der Waals surface area (Å²) in [6.45, 7) is 5.37. The zero-order valence-corrected chi connectivity index (χ0v) is 11.0. The van der Waals surface area contributed by atoms with Gasteiger partial charge in [-0.25, -0.2) is 9.97 Å². The molecular weight excluding hydrogens is 238 g/mol. The molecule has 0 unspecified atom stereocenters. The lowest BCUT2D eigenvalue weighted by molar-refractivity contribution is 0.0666. The Morgan fingerprint density at radius 2 is 2.06 bits per heavy atom. The van der Waals surface area contributed by atoms with Crippen molar-refractivity contribution < 1.29 is 4.74 Å². The summed E-state index contributed by atoms with van der Waals surface area (Å²) in [5.74, 6) is 2.21. The molecule has 0 bridgehead atoms. The molecule has 1 saturated heterocycles. The molecule has 1 aliphatic heterocycles. The van der Waals surface area contributed by atoms with Gasteiger partial charge in [-0.1, -0.05) is 0 Å². The highest BCUT2D eigenvalue weighted by atomic mass is 35.5. The third-order valence-electron chi connectivity index (χ3n) is 3.06. The minimum atomic E-state index is -0.0902. The molecule has 0 atom stereocenters. The van der Waals surface area contributed by atoms with E-state index in [9.17, 15) is 0 Å². The fourth-order valence-corrected chi connectivity index (χ4v) is 2.44. The van der Waals surface area contributed by atoms with Crippen LogP contribution in [-0.2, 0) is 4.74 Å². The second-order valence-corrected chi connectivity index (χ2v) is 4.86. The largest absolute Gasteiger partial charge is 0.381 e. The van der Waals surface area contributed by atoms with Crippen LogP contribution in [0.4, 0.5) is 5.82 Å². The van der Waals surface area contributed by atoms with Crippen LogP contribution in [0.25, 0.3) is 0 Å². The average molecular weight is 256 g/mol. The molecule has 1 aliphatic rings. The fraction of sp³-hybridized carbons (Fsp3) is 0.667. The van der Waals surface area contributed by atoms with Gasteiger partial charge in [0.05, 0.1) is 5.54 Å². The van der Waals surface area contributed by atoms with E-state index in [0.29, 0.717) is 5.88 Å². The number of nitrogens with zero attached hydrogens (tertiary/aromatic N) is 2. The Morgan fingerprint density at radius 1 is 1.35 bits per heavy atom. The molecule has 4 nitrogen and oxygen atoms in total. The number of halogens is 1. The molecule has 0 aromatic carbocycles. The van der Waals surface area contributed by atoms with Crippen LogP contribution >= 0.6 is 11.6 Å². The van der Waals surface area contributed by atoms with Crippen LogP contribution in [0.5, 0.6) is 0 Å². The lowest BCUT2D eigenvalue weighted by Gasteiger charge is -2.36. The van der Waals surface area contributed by atoms with Crippen molar-refractivity contribution in [1.29, 1.82) is 0 Å². The van der Waals surface area contributed by atoms with Crippen molar-refractivity contribution in [1.82, 2.24) is 9.97 Å². The second-order valence-electron chi connectivity index (χ2n) is 4.59. The standard InChI is InChI=1S/C12H18ClN3O/c1-9-7-11(15-10(2)14-9)16-12(8-13)3-5-17-6-4-12/h7H,3-6,8H2,1-2H3,(H,14,15,16). The van der Waals surface area contributed by atoms with E-state index in [1.807, 2.05) is 19.9 Å². The molecule has 1 aromatic rings. The molecule has 1 N–H and O–H groups in total. The summed E-state index contributed by atoms with van der Waals surface area (Å²) in [5, 5.41) is 3.46. The first-order chi connectivity index (χ1) is 8.13. The summed E-state index contributed by atoms with van der Waals surface area (Å²) in [6.07, 6.45) is 1.83. The molecule has 2 heterocycles. The summed E-state index contributed by atoms with van der Waals surface area (Å²) < 4.78 is 5.38. The third kappa shape index (κ3) is 3.07. The van der Waals surface area contributed by atoms with E-state index in [0.717, 1.165) is 43.4 Å². The number of hydrogen-bond donors (Lipinski definition) is 1. The maximum Gasteiger partial charge on any atom is 0.130 e. The number of hydrogen-bond acceptors (Lipinski definition) is 4. The molecule has 1 fully saturated rings. The molecule has 2 rings (SSSR count). The van der Waals surface area contributed by atoms with Crippen molar-refractivity contribution >= 4 is 17.4 Å². The topological polar surface area (TPSA) is 47.0 Å². The van der Waals surface area contributed by atoms with Gasteiger partial charge >= 0.3 is 0 Å². The first-order valence-corrected chi connectivity index (χ1v) is 6.41. The first-order valence-electron chi connectivity index (χ1n) is 5.88. The number of nitrogens with one attached hydrogen (secondary N) is 1. The van der Waals surface area contributed by atoms with E-state index in [2.05, 4.69) is 15.3 Å². The lowest BCUT2D eigenvalue weighted by Crippen LogP contribution is -2.45. The highest BCUT2D eigenvalue weighted by Crippen LogP contribution is 2.26. The lowest BCUT2D eigenvalue weighted by atomic mass is 9.92. The van der Waals surface area contributed by atoms with Crippen LogP contribution in [-0.4, -0.2) is 34.6 Å². The molecular formula is C12H18ClN3O. The predicted molar refractivity (Wildman–Crippen MR) is 68.6 cm³/mol. The van der Waals surface area contributed by atoms with Gasteiger partial charge in [-0.3, -0.25) is 0 Å². The summed E-state index contributed by atoms with van der Waals surface area (Å²) >= 11 is 6.11. The number of anilines is 1. The van der Waals surface area contributed by atoms with Crippen molar-refractivity contribution in [2.75, 3.05) is 24.4 Å². The normalized spacial score (nSPS) is 19.0. The van der Waals surface area contributed by atoms with Gasteiger partial charge in [0, 0.05) is 30.9 Å². The van der Waals surface area contributed by atoms with Crippen LogP contribution in [0.1, 0.15) is 24.4 Å². The Bertz CT molecular complexity index is 371. The Kier molecular flexibility index (Phi) is 3.84. The van der Waals surface area contributed by atoms with Crippen molar-refractivity contribution in [2.24, 2.45) is 0 Å². The average Bonchev–Trinajstić information content (AvgIpc) is 2.29. The molecule has 0 radical (unpaired) electrons. The molecule has 5 heteroatoms. The van der Waals surface area contributed by atoms with Gasteiger partial charge in [-0.15, -0.1) is 11.6 Å². The van der Waals surface area contributed by atoms with Gasteiger partial charge in [-0.2, -0.15) is 0 Å². The summed E-state index contributed by atoms with van der Waals surface area (Å²) in [6, 6.07) is 1.96. The minimum Gasteiger partial charge on any atom is -0.381 e. The Labute approximate surface area is 107 Å². The molecule has 0 aliphatic carbocycles. The second kappa shape index (κ2) is 5.19. The maximum absolute atomic E-state index is 6.11. The van der Waals surface area contributed by atoms with Gasteiger partial charge < -0.3 is 10.1 Å². The first kappa shape index (κ1) is 12.6. The number of aryl methyl sites for hydroxylation is 2. The van der Waals surface area contributed by atoms with Crippen LogP contribution in [0, 0.1) is 13.8 Å². The molecule has 0 spiro atoms. The molecule has 94 valence electrons. The van der Waals surface area contributed by atoms with E-state index >= 15 is 0 Å². The van der Waals surface area contributed by atoms with Crippen molar-refractivity contribution in [3.8, 4) is 0 Å². The Balaban J connectivity index is 2.17. The predicted octanol–water partition coefficient (Wildman–Crippen LogP) is 2.29. The highest BCUT2D eigenvalue weighted by Gasteiger charge is 2.32. The Morgan fingerprint density at radius 3 is 2.65 bits per heavy atom. The molecule has 0 amide bonds. The number of alkyl halides is 1. The molecule has 0 saturated carbocycles. The Hall–Kier alpha value is -0.870. The van der Waals surface area contributed by atoms with E-state index < -0.39 is 0 Å². The number of aromatic nitrogens is 2. The van der Waals surface area contributed by atoms with Gasteiger partial charge in [0.1, 0.15) is 11.6 Å². The van der Waals surface area contributed by atoms with E-state index in [4.69, 9.17) is 16.3 Å². The summed E-state index contributed by atoms with van der Waals surface area (Å²) in [4.78, 5) is 8.67. The van der Waals surface area contributed by atoms with E-state index in [1.165, 1.54) is 0 Å². The summed E-state index contributed by atoms with van der Waals surface area (Å²) in [7, 11) is 0. The van der Waals surface area contributed by atoms with Crippen LogP contribution in [0.15, 0.2) is 6.07 Å². The number of rotatable bonds is 3. The van der Waals surface area contributed by atoms with Crippen LogP contribution in [0.2, 0.25) is 0 Å². The zero-order chi connectivity index (χ0) is 12.3. The van der Waals surface area contributed by atoms with Gasteiger partial charge in [0.2, 0.25) is 0 Å². The van der Waals surface area contributed by atoms with Crippen molar-refractivity contribution in [3.05, 3.63) is 17.6 Å². The zero-order valence-electron chi connectivity index (χ0n) is 10.3. The quantitative estimate of drug-likeness (QED) is 0.842. The van der Waals surface area contributed by atoms with Crippen molar-refractivity contribution in [2.45, 2.75) is 32.2 Å². The van der Waals surface area contributed by atoms with Gasteiger partial charge in [0.25, 0.3) is 0 Å². The summed E-state index contributed by atoms with van der Waals surface area (Å²) in [5.41, 5.74) is 0.879. The number of ether oxygens (including phenoxy) is 1. The van der Waals surface area contributed by atoms with E-state index in [1.54, 1.807) is 0 Å². The van der Waals surface area contributed by atoms with Crippen molar-refractivity contribution in [3.63, 3.8) is 0 Å². The van der Waals surface area contributed by atoms with E-state index in [-0.39, 0.29) is 5.54 Å². The maximum atomic E-state index is 6.11. The smallest absolute Gasteiger partial charge is 0.130 e. The molecule has 17 heavy (non-hydrogen) atoms.